The van der Waals surface area contributed by atoms with E-state index in [4.69, 9.17) is 0 Å². The zero-order chi connectivity index (χ0) is 3.58. The molecule has 0 saturated heterocycles. The van der Waals surface area contributed by atoms with Crippen LogP contribution in [0.4, 0.5) is 0 Å². The van der Waals surface area contributed by atoms with Gasteiger partial charge in [-0.3, -0.25) is 0 Å². The van der Waals surface area contributed by atoms with Gasteiger partial charge in [-0.15, -0.1) is 0 Å². The second-order valence-electron chi connectivity index (χ2n) is 1.34. The van der Waals surface area contributed by atoms with Gasteiger partial charge in [-0.05, 0) is 0 Å². The maximum absolute atomic E-state index is 1.66. The molecule has 0 spiro atoms. The minimum atomic E-state index is -0.0333. The van der Waals surface area contributed by atoms with Gasteiger partial charge in [0.2, 0.25) is 0 Å². The van der Waals surface area contributed by atoms with Gasteiger partial charge in [-0.25, -0.2) is 0 Å². The van der Waals surface area contributed by atoms with Crippen LogP contribution >= 0.6 is 0 Å². The molecule has 0 atom stereocenters. The van der Waals surface area contributed by atoms with Crippen molar-refractivity contribution < 1.29 is 0 Å². The summed E-state index contributed by atoms with van der Waals surface area (Å²) < 4.78 is 0. The Morgan fingerprint density at radius 3 is 1.00 bits per heavy atom. The Bertz CT molecular complexity index is 8.00. The fourth-order valence-corrected chi connectivity index (χ4v) is 0. The Labute approximate surface area is 40.7 Å². The molecule has 0 saturated carbocycles. The molecule has 4 heteroatoms. The Morgan fingerprint density at radius 1 is 1.00 bits per heavy atom. The summed E-state index contributed by atoms with van der Waals surface area (Å²) in [7, 11) is 4.97. The van der Waals surface area contributed by atoms with Crippen LogP contribution in [0.1, 0.15) is 0 Å². The van der Waals surface area contributed by atoms with Crippen molar-refractivity contribution in [1.82, 2.24) is 0 Å². The summed E-state index contributed by atoms with van der Waals surface area (Å²) in [6.45, 7) is 0. The standard InChI is InChI=1S/Sb.3H3Si/h;3*1H3. The predicted molar refractivity (Wildman–Crippen MR) is 35.6 cm³/mol. The zero-order valence-electron chi connectivity index (χ0n) is 3.45. The van der Waals surface area contributed by atoms with Crippen molar-refractivity contribution in [2.75, 3.05) is 0 Å². The van der Waals surface area contributed by atoms with Crippen molar-refractivity contribution in [3.63, 3.8) is 0 Å². The molecule has 0 aliphatic carbocycles. The van der Waals surface area contributed by atoms with E-state index in [2.05, 4.69) is 0 Å². The third kappa shape index (κ3) is 9.80. The van der Waals surface area contributed by atoms with Gasteiger partial charge in [0.15, 0.2) is 0 Å². The second kappa shape index (κ2) is 2.69. The average molecular weight is 215 g/mol. The van der Waals surface area contributed by atoms with E-state index in [1.54, 1.807) is 23.0 Å². The van der Waals surface area contributed by atoms with Crippen molar-refractivity contribution in [2.45, 2.75) is 0 Å². The number of hydrogen-bond acceptors (Lipinski definition) is 0. The van der Waals surface area contributed by atoms with Crippen LogP contribution in [0.15, 0.2) is 0 Å². The van der Waals surface area contributed by atoms with E-state index in [0.717, 1.165) is 0 Å². The van der Waals surface area contributed by atoms with E-state index in [1.807, 2.05) is 0 Å². The molecule has 0 aromatic heterocycles. The number of rotatable bonds is 0. The second-order valence-corrected chi connectivity index (χ2v) is 81.0. The quantitative estimate of drug-likeness (QED) is 0.362. The zero-order valence-corrected chi connectivity index (χ0v) is 12.0. The first kappa shape index (κ1) is 5.47. The van der Waals surface area contributed by atoms with Crippen LogP contribution in [0.3, 0.4) is 0 Å². The van der Waals surface area contributed by atoms with Crippen LogP contribution in [0.5, 0.6) is 0 Å². The molecular weight excluding hydrogens is 206 g/mol. The molecule has 0 nitrogen and oxygen atoms in total. The summed E-state index contributed by atoms with van der Waals surface area (Å²) >= 11 is -0.0333. The van der Waals surface area contributed by atoms with Crippen LogP contribution in [0.2, 0.25) is 0 Å². The summed E-state index contributed by atoms with van der Waals surface area (Å²) in [5.41, 5.74) is 0. The SMILES string of the molecule is [SiH3][Sb]([SiH3])[SiH3]. The van der Waals surface area contributed by atoms with Crippen LogP contribution in [0.25, 0.3) is 0 Å². The van der Waals surface area contributed by atoms with Crippen LogP contribution in [-0.4, -0.2) is 40.8 Å². The molecule has 0 N–H and O–H groups in total. The molecular formula is H9SbSi3. The molecule has 0 aromatic carbocycles. The summed E-state index contributed by atoms with van der Waals surface area (Å²) in [4.78, 5) is 0. The van der Waals surface area contributed by atoms with E-state index >= 15 is 0 Å². The van der Waals surface area contributed by atoms with Crippen molar-refractivity contribution in [1.29, 1.82) is 0 Å². The Balaban J connectivity index is 2.32. The summed E-state index contributed by atoms with van der Waals surface area (Å²) in [5, 5.41) is 0. The molecule has 0 aromatic rings. The molecule has 0 bridgehead atoms. The molecule has 0 rings (SSSR count). The molecule has 0 fully saturated rings. The van der Waals surface area contributed by atoms with Gasteiger partial charge < -0.3 is 0 Å². The third-order valence-corrected chi connectivity index (χ3v) is 0. The van der Waals surface area contributed by atoms with Crippen LogP contribution < -0.4 is 0 Å². The molecule has 0 aliphatic rings. The van der Waals surface area contributed by atoms with Gasteiger partial charge in [-0.2, -0.15) is 0 Å². The van der Waals surface area contributed by atoms with Crippen molar-refractivity contribution >= 4 is 40.8 Å². The van der Waals surface area contributed by atoms with Crippen LogP contribution in [0, 0.1) is 0 Å². The number of hydrogen-bond donors (Lipinski definition) is 0. The average Bonchev–Trinajstić information content (AvgIpc) is 0.811. The normalized spacial score (nSPS) is 11.2. The Morgan fingerprint density at radius 2 is 1.00 bits per heavy atom. The van der Waals surface area contributed by atoms with Crippen molar-refractivity contribution in [3.8, 4) is 0 Å². The first-order valence-electron chi connectivity index (χ1n) is 1.34. The van der Waals surface area contributed by atoms with E-state index in [9.17, 15) is 0 Å². The molecule has 4 heavy (non-hydrogen) atoms. The van der Waals surface area contributed by atoms with Gasteiger partial charge >= 0.3 is 40.8 Å². The van der Waals surface area contributed by atoms with Gasteiger partial charge in [0.25, 0.3) is 0 Å². The van der Waals surface area contributed by atoms with Gasteiger partial charge in [-0.1, -0.05) is 0 Å². The van der Waals surface area contributed by atoms with Crippen molar-refractivity contribution in [2.24, 2.45) is 0 Å². The molecule has 0 aliphatic heterocycles. The summed E-state index contributed by atoms with van der Waals surface area (Å²) in [6, 6.07) is 0. The third-order valence-electron chi connectivity index (χ3n) is 0. The Hall–Kier alpha value is 1.47. The molecule has 0 amide bonds. The maximum atomic E-state index is 1.66. The summed E-state index contributed by atoms with van der Waals surface area (Å²) in [5.74, 6) is 0. The topological polar surface area (TPSA) is 0 Å². The molecule has 0 radical (unpaired) electrons. The van der Waals surface area contributed by atoms with E-state index in [1.165, 1.54) is 0 Å². The molecule has 0 unspecified atom stereocenters. The first-order chi connectivity index (χ1) is 1.73. The predicted octanol–water partition coefficient (Wildman–Crippen LogP) is -3.93. The van der Waals surface area contributed by atoms with Gasteiger partial charge in [0, 0.05) is 0 Å². The van der Waals surface area contributed by atoms with E-state index < -0.39 is 0 Å². The monoisotopic (exact) mass is 214 g/mol. The minimum absolute atomic E-state index is 0.0333. The molecule has 0 heterocycles. The Kier molecular flexibility index (Phi) is 3.68. The van der Waals surface area contributed by atoms with Gasteiger partial charge in [0.05, 0.1) is 0 Å². The fraction of sp³-hybridized carbons (Fsp3) is 0. The fourth-order valence-electron chi connectivity index (χ4n) is 0. The van der Waals surface area contributed by atoms with E-state index in [0.29, 0.717) is 0 Å². The van der Waals surface area contributed by atoms with Crippen LogP contribution in [-0.2, 0) is 0 Å². The van der Waals surface area contributed by atoms with Crippen molar-refractivity contribution in [3.05, 3.63) is 0 Å². The first-order valence-corrected chi connectivity index (χ1v) is 27.0. The summed E-state index contributed by atoms with van der Waals surface area (Å²) in [6.07, 6.45) is 0. The molecule has 26 valence electrons. The van der Waals surface area contributed by atoms with Gasteiger partial charge in [0.1, 0.15) is 0 Å². The van der Waals surface area contributed by atoms with E-state index in [-0.39, 0.29) is 17.8 Å².